The van der Waals surface area contributed by atoms with Gasteiger partial charge in [-0.25, -0.2) is 4.98 Å². The van der Waals surface area contributed by atoms with E-state index < -0.39 is 0 Å². The molecule has 1 atom stereocenters. The third-order valence-electron chi connectivity index (χ3n) is 4.38. The molecule has 2 fully saturated rings. The van der Waals surface area contributed by atoms with E-state index in [0.717, 1.165) is 31.1 Å². The Morgan fingerprint density at radius 1 is 1.32 bits per heavy atom. The second-order valence-corrected chi connectivity index (χ2v) is 5.92. The fraction of sp³-hybridized carbons (Fsp3) is 0.533. The first-order valence-corrected chi connectivity index (χ1v) is 7.29. The summed E-state index contributed by atoms with van der Waals surface area (Å²) in [5, 5.41) is 1.26. The van der Waals surface area contributed by atoms with E-state index in [1.807, 2.05) is 6.20 Å². The number of rotatable bonds is 2. The molecule has 1 saturated carbocycles. The molecule has 0 aromatic carbocycles. The minimum atomic E-state index is 0.308. The van der Waals surface area contributed by atoms with Crippen molar-refractivity contribution in [3.63, 3.8) is 0 Å². The van der Waals surface area contributed by atoms with E-state index in [0.29, 0.717) is 6.04 Å². The molecule has 0 spiro atoms. The molecule has 0 radical (unpaired) electrons. The Labute approximate surface area is 113 Å². The summed E-state index contributed by atoms with van der Waals surface area (Å²) in [5.74, 6) is 0.722. The molecule has 2 aromatic heterocycles. The van der Waals surface area contributed by atoms with Crippen LogP contribution in [0.3, 0.4) is 0 Å². The highest BCUT2D eigenvalue weighted by Crippen LogP contribution is 2.46. The van der Waals surface area contributed by atoms with Crippen LogP contribution in [0.15, 0.2) is 18.5 Å². The predicted molar refractivity (Wildman–Crippen MR) is 77.5 cm³/mol. The number of hydrogen-bond acceptors (Lipinski definition) is 3. The maximum absolute atomic E-state index is 6.16. The monoisotopic (exact) mass is 256 g/mol. The number of nitrogens with zero attached hydrogens (tertiary/aromatic N) is 2. The summed E-state index contributed by atoms with van der Waals surface area (Å²) in [5.41, 5.74) is 9.98. The highest BCUT2D eigenvalue weighted by molar-refractivity contribution is 5.92. The normalized spacial score (nSPS) is 24.1. The van der Waals surface area contributed by atoms with Crippen LogP contribution in [0.5, 0.6) is 0 Å². The molecule has 4 rings (SSSR count). The summed E-state index contributed by atoms with van der Waals surface area (Å²) in [7, 11) is 0. The number of nitrogens with one attached hydrogen (secondary N) is 1. The van der Waals surface area contributed by atoms with Gasteiger partial charge in [0, 0.05) is 36.9 Å². The Morgan fingerprint density at radius 3 is 3.00 bits per heavy atom. The first-order valence-electron chi connectivity index (χ1n) is 7.29. The van der Waals surface area contributed by atoms with Crippen LogP contribution < -0.4 is 10.6 Å². The quantitative estimate of drug-likeness (QED) is 0.867. The summed E-state index contributed by atoms with van der Waals surface area (Å²) in [6.07, 6.45) is 9.03. The molecule has 0 unspecified atom stereocenters. The van der Waals surface area contributed by atoms with Crippen molar-refractivity contribution in [1.29, 1.82) is 0 Å². The zero-order chi connectivity index (χ0) is 12.8. The summed E-state index contributed by atoms with van der Waals surface area (Å²) < 4.78 is 0. The number of aromatic nitrogens is 2. The van der Waals surface area contributed by atoms with Crippen molar-refractivity contribution >= 4 is 16.7 Å². The summed E-state index contributed by atoms with van der Waals surface area (Å²) in [6, 6.07) is 2.46. The molecule has 2 aromatic rings. The fourth-order valence-electron chi connectivity index (χ4n) is 3.27. The third kappa shape index (κ3) is 1.91. The Balaban J connectivity index is 1.84. The van der Waals surface area contributed by atoms with E-state index in [1.54, 1.807) is 0 Å². The Morgan fingerprint density at radius 2 is 2.21 bits per heavy atom. The molecule has 1 aliphatic carbocycles. The molecule has 19 heavy (non-hydrogen) atoms. The van der Waals surface area contributed by atoms with E-state index >= 15 is 0 Å². The van der Waals surface area contributed by atoms with E-state index in [2.05, 4.69) is 27.1 Å². The van der Waals surface area contributed by atoms with Gasteiger partial charge in [0.15, 0.2) is 0 Å². The molecule has 100 valence electrons. The maximum atomic E-state index is 6.16. The van der Waals surface area contributed by atoms with Gasteiger partial charge in [-0.2, -0.15) is 0 Å². The Bertz CT molecular complexity index is 599. The lowest BCUT2D eigenvalue weighted by Crippen LogP contribution is -2.43. The SMILES string of the molecule is N[C@@H]1CCCN(c2c(C3CC3)cnc3[nH]ccc23)C1. The predicted octanol–water partition coefficient (Wildman–Crippen LogP) is 2.37. The van der Waals surface area contributed by atoms with Crippen molar-refractivity contribution < 1.29 is 0 Å². The lowest BCUT2D eigenvalue weighted by Gasteiger charge is -2.34. The number of hydrogen-bond donors (Lipinski definition) is 2. The molecule has 4 heteroatoms. The van der Waals surface area contributed by atoms with Crippen LogP contribution in [-0.2, 0) is 0 Å². The van der Waals surface area contributed by atoms with Crippen LogP contribution in [-0.4, -0.2) is 29.1 Å². The van der Waals surface area contributed by atoms with Crippen LogP contribution in [0, 0.1) is 0 Å². The average molecular weight is 256 g/mol. The van der Waals surface area contributed by atoms with Gasteiger partial charge in [-0.15, -0.1) is 0 Å². The highest BCUT2D eigenvalue weighted by atomic mass is 15.2. The number of fused-ring (bicyclic) bond motifs is 1. The van der Waals surface area contributed by atoms with Crippen LogP contribution in [0.1, 0.15) is 37.2 Å². The number of H-pyrrole nitrogens is 1. The lowest BCUT2D eigenvalue weighted by atomic mass is 10.0. The van der Waals surface area contributed by atoms with Gasteiger partial charge in [0.25, 0.3) is 0 Å². The second-order valence-electron chi connectivity index (χ2n) is 5.92. The fourth-order valence-corrected chi connectivity index (χ4v) is 3.27. The van der Waals surface area contributed by atoms with Gasteiger partial charge in [-0.1, -0.05) is 0 Å². The molecule has 0 bridgehead atoms. The van der Waals surface area contributed by atoms with Gasteiger partial charge in [0.2, 0.25) is 0 Å². The highest BCUT2D eigenvalue weighted by Gasteiger charge is 2.30. The van der Waals surface area contributed by atoms with Gasteiger partial charge >= 0.3 is 0 Å². The van der Waals surface area contributed by atoms with Crippen LogP contribution in [0.4, 0.5) is 5.69 Å². The minimum Gasteiger partial charge on any atom is -0.369 e. The number of aromatic amines is 1. The van der Waals surface area contributed by atoms with Gasteiger partial charge in [-0.05, 0) is 43.2 Å². The Hall–Kier alpha value is -1.55. The van der Waals surface area contributed by atoms with Crippen molar-refractivity contribution in [3.05, 3.63) is 24.0 Å². The zero-order valence-corrected chi connectivity index (χ0v) is 11.1. The smallest absolute Gasteiger partial charge is 0.139 e. The maximum Gasteiger partial charge on any atom is 0.139 e. The summed E-state index contributed by atoms with van der Waals surface area (Å²) in [4.78, 5) is 10.3. The van der Waals surface area contributed by atoms with E-state index in [1.165, 1.54) is 35.9 Å². The molecule has 3 N–H and O–H groups in total. The second kappa shape index (κ2) is 4.23. The van der Waals surface area contributed by atoms with E-state index in [4.69, 9.17) is 5.73 Å². The van der Waals surface area contributed by atoms with E-state index in [-0.39, 0.29) is 0 Å². The largest absolute Gasteiger partial charge is 0.369 e. The molecule has 0 amide bonds. The van der Waals surface area contributed by atoms with Crippen molar-refractivity contribution in [2.24, 2.45) is 5.73 Å². The molecule has 1 aliphatic heterocycles. The molecule has 4 nitrogen and oxygen atoms in total. The van der Waals surface area contributed by atoms with Crippen molar-refractivity contribution in [2.75, 3.05) is 18.0 Å². The van der Waals surface area contributed by atoms with Crippen LogP contribution >= 0.6 is 0 Å². The standard InChI is InChI=1S/C15H20N4/c16-11-2-1-7-19(9-11)14-12-5-6-17-15(12)18-8-13(14)10-3-4-10/h5-6,8,10-11H,1-4,7,9,16H2,(H,17,18)/t11-/m1/s1. The zero-order valence-electron chi connectivity index (χ0n) is 11.1. The number of anilines is 1. The van der Waals surface area contributed by atoms with Crippen LogP contribution in [0.25, 0.3) is 11.0 Å². The Kier molecular flexibility index (Phi) is 2.52. The van der Waals surface area contributed by atoms with Gasteiger partial charge in [0.1, 0.15) is 5.65 Å². The van der Waals surface area contributed by atoms with Crippen molar-refractivity contribution in [3.8, 4) is 0 Å². The number of nitrogens with two attached hydrogens (primary N) is 1. The van der Waals surface area contributed by atoms with Gasteiger partial charge in [-0.3, -0.25) is 0 Å². The topological polar surface area (TPSA) is 57.9 Å². The number of piperidine rings is 1. The third-order valence-corrected chi connectivity index (χ3v) is 4.38. The number of pyridine rings is 1. The first-order chi connectivity index (χ1) is 9.33. The van der Waals surface area contributed by atoms with Gasteiger partial charge in [0.05, 0.1) is 5.69 Å². The van der Waals surface area contributed by atoms with Crippen LogP contribution in [0.2, 0.25) is 0 Å². The molecular weight excluding hydrogens is 236 g/mol. The summed E-state index contributed by atoms with van der Waals surface area (Å²) in [6.45, 7) is 2.10. The molecule has 3 heterocycles. The lowest BCUT2D eigenvalue weighted by molar-refractivity contribution is 0.506. The average Bonchev–Trinajstić information content (AvgIpc) is 3.15. The minimum absolute atomic E-state index is 0.308. The molecular formula is C15H20N4. The van der Waals surface area contributed by atoms with Gasteiger partial charge < -0.3 is 15.6 Å². The van der Waals surface area contributed by atoms with Crippen molar-refractivity contribution in [2.45, 2.75) is 37.6 Å². The molecule has 2 aliphatic rings. The first kappa shape index (κ1) is 11.3. The summed E-state index contributed by atoms with van der Waals surface area (Å²) >= 11 is 0. The molecule has 1 saturated heterocycles. The van der Waals surface area contributed by atoms with E-state index in [9.17, 15) is 0 Å². The van der Waals surface area contributed by atoms with Crippen molar-refractivity contribution in [1.82, 2.24) is 9.97 Å².